The predicted octanol–water partition coefficient (Wildman–Crippen LogP) is 3.88. The maximum absolute atomic E-state index is 12.6. The van der Waals surface area contributed by atoms with Crippen molar-refractivity contribution in [2.45, 2.75) is 24.5 Å². The van der Waals surface area contributed by atoms with Crippen LogP contribution in [-0.2, 0) is 20.7 Å². The van der Waals surface area contributed by atoms with Gasteiger partial charge in [-0.2, -0.15) is 0 Å². The minimum Gasteiger partial charge on any atom is -0.480 e. The molecule has 1 fully saturated rings. The molecule has 180 valence electrons. The van der Waals surface area contributed by atoms with Gasteiger partial charge in [-0.05, 0) is 33.4 Å². The zero-order valence-electron chi connectivity index (χ0n) is 19.3. The molecule has 2 unspecified atom stereocenters. The minimum atomic E-state index is -1.11. The molecule has 3 aromatic rings. The number of alkyl carbamates (subject to hydrolysis) is 1. The van der Waals surface area contributed by atoms with Gasteiger partial charge >= 0.3 is 12.1 Å². The lowest BCUT2D eigenvalue weighted by molar-refractivity contribution is -0.139. The van der Waals surface area contributed by atoms with Gasteiger partial charge in [0.05, 0.1) is 12.7 Å². The molecule has 0 radical (unpaired) electrons. The van der Waals surface area contributed by atoms with Crippen molar-refractivity contribution >= 4 is 12.1 Å². The third-order valence-electron chi connectivity index (χ3n) is 6.65. The van der Waals surface area contributed by atoms with E-state index in [2.05, 4.69) is 22.8 Å². The molecule has 7 heteroatoms. The normalized spacial score (nSPS) is 17.8. The Bertz CT molecular complexity index is 1160. The third kappa shape index (κ3) is 5.06. The number of nitrogens with one attached hydrogen (secondary N) is 2. The van der Waals surface area contributed by atoms with E-state index in [0.717, 1.165) is 46.5 Å². The number of hydrogen-bond acceptors (Lipinski definition) is 5. The smallest absolute Gasteiger partial charge is 0.407 e. The van der Waals surface area contributed by atoms with Crippen molar-refractivity contribution in [1.29, 1.82) is 0 Å². The highest BCUT2D eigenvalue weighted by Crippen LogP contribution is 2.44. The van der Waals surface area contributed by atoms with Crippen LogP contribution in [0.4, 0.5) is 4.79 Å². The molecule has 0 saturated carbocycles. The van der Waals surface area contributed by atoms with Gasteiger partial charge < -0.3 is 25.2 Å². The van der Waals surface area contributed by atoms with Crippen LogP contribution in [-0.4, -0.2) is 49.5 Å². The zero-order valence-corrected chi connectivity index (χ0v) is 19.3. The highest BCUT2D eigenvalue weighted by Gasteiger charge is 2.30. The van der Waals surface area contributed by atoms with Crippen molar-refractivity contribution in [1.82, 2.24) is 10.6 Å². The van der Waals surface area contributed by atoms with Crippen molar-refractivity contribution in [3.63, 3.8) is 0 Å². The maximum Gasteiger partial charge on any atom is 0.407 e. The summed E-state index contributed by atoms with van der Waals surface area (Å²) in [7, 11) is 0. The topological polar surface area (TPSA) is 96.9 Å². The van der Waals surface area contributed by atoms with Crippen LogP contribution in [0.25, 0.3) is 11.1 Å². The van der Waals surface area contributed by atoms with Crippen molar-refractivity contribution in [2.24, 2.45) is 0 Å². The van der Waals surface area contributed by atoms with E-state index in [9.17, 15) is 14.7 Å². The van der Waals surface area contributed by atoms with Crippen molar-refractivity contribution < 1.29 is 24.2 Å². The highest BCUT2D eigenvalue weighted by atomic mass is 16.5. The summed E-state index contributed by atoms with van der Waals surface area (Å²) in [5, 5.41) is 15.5. The van der Waals surface area contributed by atoms with Gasteiger partial charge in [-0.3, -0.25) is 0 Å². The van der Waals surface area contributed by atoms with Crippen LogP contribution >= 0.6 is 0 Å². The van der Waals surface area contributed by atoms with Gasteiger partial charge in [0.1, 0.15) is 12.6 Å². The molecule has 1 aliphatic carbocycles. The maximum atomic E-state index is 12.6. The quantitative estimate of drug-likeness (QED) is 0.483. The molecule has 0 spiro atoms. The first-order chi connectivity index (χ1) is 17.1. The van der Waals surface area contributed by atoms with Crippen LogP contribution in [0.5, 0.6) is 0 Å². The van der Waals surface area contributed by atoms with Crippen LogP contribution in [0.1, 0.15) is 34.3 Å². The number of fused-ring (bicyclic) bond motifs is 3. The Hall–Kier alpha value is -3.68. The second-order valence-corrected chi connectivity index (χ2v) is 8.87. The van der Waals surface area contributed by atoms with Gasteiger partial charge in [0.15, 0.2) is 0 Å². The molecular formula is C28H28N2O5. The Labute approximate surface area is 204 Å². The summed E-state index contributed by atoms with van der Waals surface area (Å²) in [4.78, 5) is 24.4. The Balaban J connectivity index is 1.20. The molecule has 1 saturated heterocycles. The van der Waals surface area contributed by atoms with E-state index in [0.29, 0.717) is 6.61 Å². The van der Waals surface area contributed by atoms with E-state index in [1.165, 1.54) is 0 Å². The average molecular weight is 473 g/mol. The number of benzene rings is 3. The van der Waals surface area contributed by atoms with Gasteiger partial charge in [0.25, 0.3) is 0 Å². The predicted molar refractivity (Wildman–Crippen MR) is 131 cm³/mol. The first-order valence-electron chi connectivity index (χ1n) is 11.9. The second-order valence-electron chi connectivity index (χ2n) is 8.87. The van der Waals surface area contributed by atoms with Crippen LogP contribution in [0.15, 0.2) is 72.8 Å². The van der Waals surface area contributed by atoms with Gasteiger partial charge in [0.2, 0.25) is 0 Å². The Morgan fingerprint density at radius 1 is 1.00 bits per heavy atom. The molecule has 0 bridgehead atoms. The monoisotopic (exact) mass is 472 g/mol. The number of carboxylic acid groups (broad SMARTS) is 1. The molecule has 5 rings (SSSR count). The number of morpholine rings is 1. The first kappa shape index (κ1) is 23.1. The van der Waals surface area contributed by atoms with Crippen LogP contribution in [0.3, 0.4) is 0 Å². The summed E-state index contributed by atoms with van der Waals surface area (Å²) in [6.45, 7) is 2.39. The number of rotatable bonds is 7. The van der Waals surface area contributed by atoms with E-state index in [4.69, 9.17) is 9.47 Å². The number of aliphatic carboxylic acids is 1. The van der Waals surface area contributed by atoms with E-state index in [-0.39, 0.29) is 25.0 Å². The summed E-state index contributed by atoms with van der Waals surface area (Å²) in [5.41, 5.74) is 6.33. The molecule has 7 nitrogen and oxygen atoms in total. The van der Waals surface area contributed by atoms with Crippen molar-refractivity contribution in [2.75, 3.05) is 26.3 Å². The molecule has 2 aliphatic rings. The minimum absolute atomic E-state index is 0.00739. The summed E-state index contributed by atoms with van der Waals surface area (Å²) in [6.07, 6.45) is -0.589. The SMILES string of the molecule is O=C(NC(Cc1ccc(C2CNCCO2)cc1)C(=O)O)OCC1c2ccccc2-c2ccccc21. The van der Waals surface area contributed by atoms with E-state index < -0.39 is 18.1 Å². The lowest BCUT2D eigenvalue weighted by atomic mass is 9.98. The van der Waals surface area contributed by atoms with Gasteiger partial charge in [-0.25, -0.2) is 9.59 Å². The molecule has 3 N–H and O–H groups in total. The van der Waals surface area contributed by atoms with E-state index in [1.54, 1.807) is 0 Å². The number of amides is 1. The molecule has 1 aliphatic heterocycles. The molecule has 0 aromatic heterocycles. The highest BCUT2D eigenvalue weighted by molar-refractivity contribution is 5.81. The number of hydrogen-bond donors (Lipinski definition) is 3. The largest absolute Gasteiger partial charge is 0.480 e. The summed E-state index contributed by atoms with van der Waals surface area (Å²) in [5.74, 6) is -1.19. The van der Waals surface area contributed by atoms with Crippen LogP contribution in [0.2, 0.25) is 0 Å². The van der Waals surface area contributed by atoms with Gasteiger partial charge in [-0.15, -0.1) is 0 Å². The fraction of sp³-hybridized carbons (Fsp3) is 0.286. The lowest BCUT2D eigenvalue weighted by Gasteiger charge is -2.24. The first-order valence-corrected chi connectivity index (χ1v) is 11.9. The molecular weight excluding hydrogens is 444 g/mol. The number of carbonyl (C=O) groups is 2. The van der Waals surface area contributed by atoms with Crippen LogP contribution in [0, 0.1) is 0 Å². The Morgan fingerprint density at radius 2 is 1.66 bits per heavy atom. The second kappa shape index (κ2) is 10.3. The average Bonchev–Trinajstić information content (AvgIpc) is 3.21. The third-order valence-corrected chi connectivity index (χ3v) is 6.65. The van der Waals surface area contributed by atoms with Crippen LogP contribution < -0.4 is 10.6 Å². The van der Waals surface area contributed by atoms with Gasteiger partial charge in [0, 0.05) is 25.4 Å². The molecule has 2 atom stereocenters. The zero-order chi connectivity index (χ0) is 24.2. The summed E-state index contributed by atoms with van der Waals surface area (Å²) in [6, 6.07) is 22.7. The summed E-state index contributed by atoms with van der Waals surface area (Å²) < 4.78 is 11.3. The molecule has 3 aromatic carbocycles. The van der Waals surface area contributed by atoms with Crippen molar-refractivity contribution in [3.05, 3.63) is 95.1 Å². The van der Waals surface area contributed by atoms with E-state index in [1.807, 2.05) is 60.7 Å². The fourth-order valence-electron chi connectivity index (χ4n) is 4.87. The molecule has 1 amide bonds. The lowest BCUT2D eigenvalue weighted by Crippen LogP contribution is -2.42. The molecule has 1 heterocycles. The van der Waals surface area contributed by atoms with Crippen molar-refractivity contribution in [3.8, 4) is 11.1 Å². The standard InChI is InChI=1S/C28H28N2O5/c31-27(32)25(15-18-9-11-19(12-10-18)26-16-29-13-14-34-26)30-28(33)35-17-24-22-7-3-1-5-20(22)21-6-2-4-8-23(21)24/h1-12,24-26,29H,13-17H2,(H,30,33)(H,31,32). The Kier molecular flexibility index (Phi) is 6.79. The number of ether oxygens (including phenoxy) is 2. The molecule has 35 heavy (non-hydrogen) atoms. The number of carbonyl (C=O) groups excluding carboxylic acids is 1. The van der Waals surface area contributed by atoms with Gasteiger partial charge in [-0.1, -0.05) is 72.8 Å². The Morgan fingerprint density at radius 3 is 2.26 bits per heavy atom. The summed E-state index contributed by atoms with van der Waals surface area (Å²) >= 11 is 0. The fourth-order valence-corrected chi connectivity index (χ4v) is 4.87. The van der Waals surface area contributed by atoms with E-state index >= 15 is 0 Å². The number of carboxylic acids is 1.